The molecule has 0 aliphatic carbocycles. The lowest BCUT2D eigenvalue weighted by Gasteiger charge is -2.33. The van der Waals surface area contributed by atoms with E-state index in [-0.39, 0.29) is 29.7 Å². The van der Waals surface area contributed by atoms with Gasteiger partial charge in [0.05, 0.1) is 19.1 Å². The number of para-hydroxylation sites is 1. The Labute approximate surface area is 202 Å². The molecule has 184 valence electrons. The van der Waals surface area contributed by atoms with Crippen molar-refractivity contribution >= 4 is 17.6 Å². The van der Waals surface area contributed by atoms with Crippen LogP contribution < -0.4 is 15.0 Å². The summed E-state index contributed by atoms with van der Waals surface area (Å²) in [6.07, 6.45) is 4.43. The Hall–Kier alpha value is -3.06. The van der Waals surface area contributed by atoms with Crippen molar-refractivity contribution in [2.75, 3.05) is 37.8 Å². The molecule has 1 atom stereocenters. The molecule has 1 aliphatic heterocycles. The molecule has 0 spiro atoms. The van der Waals surface area contributed by atoms with Gasteiger partial charge in [0.2, 0.25) is 5.91 Å². The number of carbonyl (C=O) groups excluding carboxylic acids is 1. The van der Waals surface area contributed by atoms with Gasteiger partial charge in [0.15, 0.2) is 0 Å². The van der Waals surface area contributed by atoms with Gasteiger partial charge in [-0.1, -0.05) is 24.3 Å². The molecular formula is C27H36N2O5. The van der Waals surface area contributed by atoms with Crippen molar-refractivity contribution in [2.24, 2.45) is 0 Å². The van der Waals surface area contributed by atoms with Gasteiger partial charge in [-0.2, -0.15) is 0 Å². The number of amides is 1. The number of piperidine rings is 1. The third-order valence-corrected chi connectivity index (χ3v) is 6.04. The van der Waals surface area contributed by atoms with Crippen molar-refractivity contribution in [3.8, 4) is 5.75 Å². The summed E-state index contributed by atoms with van der Waals surface area (Å²) in [4.78, 5) is 26.9. The highest BCUT2D eigenvalue weighted by molar-refractivity contribution is 5.91. The van der Waals surface area contributed by atoms with Crippen molar-refractivity contribution in [1.29, 1.82) is 0 Å². The quantitative estimate of drug-likeness (QED) is 0.443. The smallest absolute Gasteiger partial charge is 0.339 e. The molecule has 1 heterocycles. The first-order valence-corrected chi connectivity index (χ1v) is 12.2. The zero-order valence-electron chi connectivity index (χ0n) is 20.2. The fourth-order valence-corrected chi connectivity index (χ4v) is 4.41. The molecule has 0 aromatic heterocycles. The zero-order valence-corrected chi connectivity index (χ0v) is 20.2. The van der Waals surface area contributed by atoms with Crippen LogP contribution in [-0.4, -0.2) is 49.9 Å². The number of rotatable bonds is 12. The summed E-state index contributed by atoms with van der Waals surface area (Å²) in [6, 6.07) is 12.9. The Bertz CT molecular complexity index is 956. The van der Waals surface area contributed by atoms with Crippen LogP contribution in [0.2, 0.25) is 0 Å². The Morgan fingerprint density at radius 1 is 1.06 bits per heavy atom. The number of nitrogens with one attached hydrogen (secondary N) is 1. The van der Waals surface area contributed by atoms with Gasteiger partial charge in [-0.3, -0.25) is 4.79 Å². The van der Waals surface area contributed by atoms with Gasteiger partial charge in [0.1, 0.15) is 11.3 Å². The van der Waals surface area contributed by atoms with Crippen molar-refractivity contribution in [2.45, 2.75) is 52.0 Å². The van der Waals surface area contributed by atoms with Crippen LogP contribution in [0, 0.1) is 0 Å². The first kappa shape index (κ1) is 25.6. The molecule has 7 heteroatoms. The lowest BCUT2D eigenvalue weighted by molar-refractivity contribution is -0.121. The van der Waals surface area contributed by atoms with E-state index in [1.807, 2.05) is 19.1 Å². The van der Waals surface area contributed by atoms with Crippen molar-refractivity contribution in [3.05, 3.63) is 59.2 Å². The molecular weight excluding hydrogens is 432 g/mol. The van der Waals surface area contributed by atoms with Gasteiger partial charge in [-0.05, 0) is 68.9 Å². The molecule has 7 nitrogen and oxygen atoms in total. The number of carbonyl (C=O) groups is 2. The molecule has 2 aromatic carbocycles. The fraction of sp³-hybridized carbons (Fsp3) is 0.481. The highest BCUT2D eigenvalue weighted by Crippen LogP contribution is 2.31. The largest absolute Gasteiger partial charge is 0.493 e. The summed E-state index contributed by atoms with van der Waals surface area (Å²) >= 11 is 0. The standard InChI is InChI=1S/C27H36N2O5/c1-3-33-17-14-23(21-10-6-7-11-24(21)29-15-8-5-9-16-29)28-26(30)19-20-12-13-22(27(31)32)25(18-20)34-4-2/h6-7,10-13,18,23H,3-5,8-9,14-17,19H2,1-2H3,(H,28,30)(H,31,32). The SMILES string of the molecule is CCOCCC(NC(=O)Cc1ccc(C(=O)O)c(OCC)c1)c1ccccc1N1CCCCC1. The van der Waals surface area contributed by atoms with E-state index in [4.69, 9.17) is 9.47 Å². The monoisotopic (exact) mass is 468 g/mol. The number of hydrogen-bond donors (Lipinski definition) is 2. The Balaban J connectivity index is 1.78. The first-order valence-electron chi connectivity index (χ1n) is 12.2. The summed E-state index contributed by atoms with van der Waals surface area (Å²) in [5, 5.41) is 12.6. The van der Waals surface area contributed by atoms with E-state index in [2.05, 4.69) is 22.3 Å². The Morgan fingerprint density at radius 3 is 2.53 bits per heavy atom. The van der Waals surface area contributed by atoms with Crippen LogP contribution in [0.15, 0.2) is 42.5 Å². The van der Waals surface area contributed by atoms with Crippen molar-refractivity contribution in [3.63, 3.8) is 0 Å². The average Bonchev–Trinajstić information content (AvgIpc) is 2.84. The van der Waals surface area contributed by atoms with Crippen LogP contribution >= 0.6 is 0 Å². The normalized spacial score (nSPS) is 14.5. The van der Waals surface area contributed by atoms with Gasteiger partial charge in [0, 0.05) is 32.0 Å². The molecule has 0 saturated carbocycles. The molecule has 1 amide bonds. The van der Waals surface area contributed by atoms with Crippen LogP contribution in [0.5, 0.6) is 5.75 Å². The lowest BCUT2D eigenvalue weighted by Crippen LogP contribution is -2.34. The third-order valence-electron chi connectivity index (χ3n) is 6.04. The second-order valence-corrected chi connectivity index (χ2v) is 8.46. The number of anilines is 1. The summed E-state index contributed by atoms with van der Waals surface area (Å²) < 4.78 is 11.1. The Kier molecular flexibility index (Phi) is 9.76. The minimum atomic E-state index is -1.05. The summed E-state index contributed by atoms with van der Waals surface area (Å²) in [5.74, 6) is -0.895. The lowest BCUT2D eigenvalue weighted by atomic mass is 9.99. The van der Waals surface area contributed by atoms with Crippen molar-refractivity contribution in [1.82, 2.24) is 5.32 Å². The second kappa shape index (κ2) is 13.0. The molecule has 1 saturated heterocycles. The highest BCUT2D eigenvalue weighted by Gasteiger charge is 2.22. The number of nitrogens with zero attached hydrogens (tertiary/aromatic N) is 1. The summed E-state index contributed by atoms with van der Waals surface area (Å²) in [7, 11) is 0. The second-order valence-electron chi connectivity index (χ2n) is 8.46. The molecule has 2 N–H and O–H groups in total. The predicted molar refractivity (Wildman–Crippen MR) is 133 cm³/mol. The van der Waals surface area contributed by atoms with Crippen LogP contribution in [0.3, 0.4) is 0 Å². The van der Waals surface area contributed by atoms with Gasteiger partial charge in [-0.25, -0.2) is 4.79 Å². The fourth-order valence-electron chi connectivity index (χ4n) is 4.41. The number of aromatic carboxylic acids is 1. The van der Waals surface area contributed by atoms with Crippen LogP contribution in [0.25, 0.3) is 0 Å². The molecule has 3 rings (SSSR count). The minimum absolute atomic E-state index is 0.0936. The minimum Gasteiger partial charge on any atom is -0.493 e. The third kappa shape index (κ3) is 6.97. The summed E-state index contributed by atoms with van der Waals surface area (Å²) in [6.45, 7) is 7.35. The number of benzene rings is 2. The maximum atomic E-state index is 13.1. The van der Waals surface area contributed by atoms with E-state index >= 15 is 0 Å². The van der Waals surface area contributed by atoms with E-state index in [0.29, 0.717) is 31.8 Å². The first-order chi connectivity index (χ1) is 16.5. The van der Waals surface area contributed by atoms with Gasteiger partial charge in [0.25, 0.3) is 0 Å². The highest BCUT2D eigenvalue weighted by atomic mass is 16.5. The molecule has 2 aromatic rings. The van der Waals surface area contributed by atoms with Crippen LogP contribution in [-0.2, 0) is 16.0 Å². The zero-order chi connectivity index (χ0) is 24.3. The average molecular weight is 469 g/mol. The van der Waals surface area contributed by atoms with Crippen LogP contribution in [0.1, 0.15) is 67.1 Å². The molecule has 34 heavy (non-hydrogen) atoms. The maximum absolute atomic E-state index is 13.1. The number of ether oxygens (including phenoxy) is 2. The number of hydrogen-bond acceptors (Lipinski definition) is 5. The number of carboxylic acid groups (broad SMARTS) is 1. The van der Waals surface area contributed by atoms with Crippen molar-refractivity contribution < 1.29 is 24.2 Å². The van der Waals surface area contributed by atoms with Gasteiger partial charge in [-0.15, -0.1) is 0 Å². The summed E-state index contributed by atoms with van der Waals surface area (Å²) in [5.41, 5.74) is 3.08. The number of carboxylic acids is 1. The van der Waals surface area contributed by atoms with E-state index in [9.17, 15) is 14.7 Å². The molecule has 0 bridgehead atoms. The van der Waals surface area contributed by atoms with E-state index < -0.39 is 5.97 Å². The maximum Gasteiger partial charge on any atom is 0.339 e. The van der Waals surface area contributed by atoms with E-state index in [1.54, 1.807) is 19.1 Å². The Morgan fingerprint density at radius 2 is 1.82 bits per heavy atom. The molecule has 0 radical (unpaired) electrons. The predicted octanol–water partition coefficient (Wildman–Crippen LogP) is 4.60. The van der Waals surface area contributed by atoms with Gasteiger partial charge >= 0.3 is 5.97 Å². The van der Waals surface area contributed by atoms with Crippen LogP contribution in [0.4, 0.5) is 5.69 Å². The molecule has 1 aliphatic rings. The molecule has 1 fully saturated rings. The van der Waals surface area contributed by atoms with Gasteiger partial charge < -0.3 is 24.8 Å². The van der Waals surface area contributed by atoms with E-state index in [0.717, 1.165) is 18.7 Å². The topological polar surface area (TPSA) is 88.1 Å². The van der Waals surface area contributed by atoms with E-state index in [1.165, 1.54) is 31.0 Å². The molecule has 1 unspecified atom stereocenters.